The number of benzene rings is 1. The van der Waals surface area contributed by atoms with Crippen LogP contribution in [0.25, 0.3) is 5.57 Å². The van der Waals surface area contributed by atoms with E-state index in [-0.39, 0.29) is 18.3 Å². The lowest BCUT2D eigenvalue weighted by atomic mass is 9.78. The van der Waals surface area contributed by atoms with Gasteiger partial charge in [0.1, 0.15) is 0 Å². The van der Waals surface area contributed by atoms with Gasteiger partial charge in [-0.25, -0.2) is 0 Å². The quantitative estimate of drug-likeness (QED) is 0.549. The number of nitriles is 1. The van der Waals surface area contributed by atoms with Crippen LogP contribution in [0.2, 0.25) is 0 Å². The molecule has 1 fully saturated rings. The second kappa shape index (κ2) is 7.76. The average molecular weight is 339 g/mol. The minimum Gasteiger partial charge on any atom is -0.399 e. The van der Waals surface area contributed by atoms with E-state index in [1.54, 1.807) is 0 Å². The van der Waals surface area contributed by atoms with Gasteiger partial charge in [0.2, 0.25) is 0 Å². The van der Waals surface area contributed by atoms with Gasteiger partial charge in [-0.05, 0) is 57.1 Å². The summed E-state index contributed by atoms with van der Waals surface area (Å²) in [6.45, 7) is 12.5. The third-order valence-electron chi connectivity index (χ3n) is 5.28. The van der Waals surface area contributed by atoms with Gasteiger partial charge in [-0.1, -0.05) is 51.0 Å². The fraction of sp³-hybridized carbons (Fsp3) is 0.571. The molecule has 0 amide bonds. The highest BCUT2D eigenvalue weighted by molar-refractivity contribution is 6.62. The first-order chi connectivity index (χ1) is 11.8. The zero-order valence-corrected chi connectivity index (χ0v) is 16.5. The smallest absolute Gasteiger partial charge is 0.399 e. The molecule has 1 saturated heterocycles. The summed E-state index contributed by atoms with van der Waals surface area (Å²) in [5, 5.41) is 9.51. The van der Waals surface area contributed by atoms with E-state index in [1.165, 1.54) is 5.57 Å². The van der Waals surface area contributed by atoms with Crippen molar-refractivity contribution < 1.29 is 9.31 Å². The molecule has 0 N–H and O–H groups in total. The van der Waals surface area contributed by atoms with Crippen LogP contribution < -0.4 is 5.46 Å². The second-order valence-electron chi connectivity index (χ2n) is 7.78. The van der Waals surface area contributed by atoms with Crippen LogP contribution in [0.4, 0.5) is 0 Å². The second-order valence-corrected chi connectivity index (χ2v) is 7.78. The van der Waals surface area contributed by atoms with E-state index >= 15 is 0 Å². The number of allylic oxidation sites excluding steroid dienone is 2. The van der Waals surface area contributed by atoms with Crippen LogP contribution in [-0.2, 0) is 9.31 Å². The fourth-order valence-corrected chi connectivity index (χ4v) is 3.06. The van der Waals surface area contributed by atoms with Gasteiger partial charge in [0, 0.05) is 5.57 Å². The summed E-state index contributed by atoms with van der Waals surface area (Å²) in [6, 6.07) is 10.7. The lowest BCUT2D eigenvalue weighted by molar-refractivity contribution is 0.00578. The van der Waals surface area contributed by atoms with Crippen molar-refractivity contribution in [3.63, 3.8) is 0 Å². The van der Waals surface area contributed by atoms with Crippen LogP contribution >= 0.6 is 0 Å². The third kappa shape index (κ3) is 4.16. The summed E-state index contributed by atoms with van der Waals surface area (Å²) >= 11 is 0. The van der Waals surface area contributed by atoms with Crippen LogP contribution in [0.1, 0.15) is 72.8 Å². The number of rotatable bonds is 6. The maximum absolute atomic E-state index is 9.51. The molecule has 0 bridgehead atoms. The third-order valence-corrected chi connectivity index (χ3v) is 5.28. The summed E-state index contributed by atoms with van der Waals surface area (Å²) < 4.78 is 12.2. The highest BCUT2D eigenvalue weighted by Crippen LogP contribution is 2.36. The molecule has 1 aliphatic heterocycles. The van der Waals surface area contributed by atoms with E-state index in [4.69, 9.17) is 9.31 Å². The topological polar surface area (TPSA) is 42.2 Å². The van der Waals surface area contributed by atoms with E-state index in [2.05, 4.69) is 71.9 Å². The molecule has 1 aromatic rings. The molecule has 1 aromatic carbocycles. The summed E-state index contributed by atoms with van der Waals surface area (Å²) in [4.78, 5) is 0. The molecule has 0 aliphatic carbocycles. The van der Waals surface area contributed by atoms with Crippen LogP contribution in [0.3, 0.4) is 0 Å². The van der Waals surface area contributed by atoms with Crippen molar-refractivity contribution in [2.45, 2.75) is 78.4 Å². The molecule has 0 unspecified atom stereocenters. The molecule has 2 rings (SSSR count). The Morgan fingerprint density at radius 2 is 1.48 bits per heavy atom. The molecule has 0 radical (unpaired) electrons. The van der Waals surface area contributed by atoms with Crippen molar-refractivity contribution in [1.29, 1.82) is 5.26 Å². The Balaban J connectivity index is 2.29. The molecule has 25 heavy (non-hydrogen) atoms. The predicted octanol–water partition coefficient (Wildman–Crippen LogP) is 4.86. The lowest BCUT2D eigenvalue weighted by Gasteiger charge is -2.32. The predicted molar refractivity (Wildman–Crippen MR) is 105 cm³/mol. The first kappa shape index (κ1) is 19.8. The minimum atomic E-state index is -0.344. The van der Waals surface area contributed by atoms with E-state index in [9.17, 15) is 5.26 Å². The largest absolute Gasteiger partial charge is 0.494 e. The van der Waals surface area contributed by atoms with Gasteiger partial charge in [0.15, 0.2) is 0 Å². The molecular formula is C21H30BNO2. The molecule has 134 valence electrons. The first-order valence-electron chi connectivity index (χ1n) is 9.33. The highest BCUT2D eigenvalue weighted by Gasteiger charge is 2.51. The SMILES string of the molecule is CCC/C(C#N)=C(\CCC)c1ccc(B2OC(C)(C)C(C)(C)O2)cc1. The average Bonchev–Trinajstić information content (AvgIpc) is 2.79. The van der Waals surface area contributed by atoms with Crippen molar-refractivity contribution in [1.82, 2.24) is 0 Å². The summed E-state index contributed by atoms with van der Waals surface area (Å²) in [5.41, 5.74) is 3.57. The van der Waals surface area contributed by atoms with E-state index in [0.717, 1.165) is 42.3 Å². The Morgan fingerprint density at radius 3 is 1.92 bits per heavy atom. The Kier molecular flexibility index (Phi) is 6.14. The molecule has 4 heteroatoms. The van der Waals surface area contributed by atoms with Crippen LogP contribution in [0.15, 0.2) is 29.8 Å². The summed E-state index contributed by atoms with van der Waals surface area (Å²) in [6.07, 6.45) is 3.79. The number of hydrogen-bond donors (Lipinski definition) is 0. The zero-order chi connectivity index (χ0) is 18.7. The van der Waals surface area contributed by atoms with Crippen molar-refractivity contribution in [2.75, 3.05) is 0 Å². The molecular weight excluding hydrogens is 309 g/mol. The number of nitrogens with zero attached hydrogens (tertiary/aromatic N) is 1. The summed E-state index contributed by atoms with van der Waals surface area (Å²) in [7, 11) is -0.344. The van der Waals surface area contributed by atoms with Crippen LogP contribution in [0.5, 0.6) is 0 Å². The highest BCUT2D eigenvalue weighted by atomic mass is 16.7. The summed E-state index contributed by atoms with van der Waals surface area (Å²) in [5.74, 6) is 0. The molecule has 0 atom stereocenters. The normalized spacial score (nSPS) is 19.5. The number of hydrogen-bond acceptors (Lipinski definition) is 3. The van der Waals surface area contributed by atoms with Gasteiger partial charge in [-0.15, -0.1) is 0 Å². The standard InChI is InChI=1S/C21H30BNO2/c1-7-9-17(15-23)19(10-8-2)16-11-13-18(14-12-16)22-24-20(3,4)21(5,6)25-22/h11-14H,7-10H2,1-6H3/b19-17-. The lowest BCUT2D eigenvalue weighted by Crippen LogP contribution is -2.41. The molecule has 0 aromatic heterocycles. The Hall–Kier alpha value is -1.57. The van der Waals surface area contributed by atoms with Crippen molar-refractivity contribution in [3.05, 3.63) is 35.4 Å². The van der Waals surface area contributed by atoms with Gasteiger partial charge in [-0.2, -0.15) is 5.26 Å². The molecule has 1 aliphatic rings. The minimum absolute atomic E-state index is 0.335. The molecule has 3 nitrogen and oxygen atoms in total. The molecule has 1 heterocycles. The Labute approximate surface area is 153 Å². The van der Waals surface area contributed by atoms with Gasteiger partial charge in [0.25, 0.3) is 0 Å². The Morgan fingerprint density at radius 1 is 0.960 bits per heavy atom. The van der Waals surface area contributed by atoms with Crippen molar-refractivity contribution in [2.24, 2.45) is 0 Å². The fourth-order valence-electron chi connectivity index (χ4n) is 3.06. The maximum atomic E-state index is 9.51. The molecule has 0 saturated carbocycles. The van der Waals surface area contributed by atoms with E-state index in [0.29, 0.717) is 0 Å². The van der Waals surface area contributed by atoms with Gasteiger partial charge >= 0.3 is 7.12 Å². The maximum Gasteiger partial charge on any atom is 0.494 e. The van der Waals surface area contributed by atoms with Gasteiger partial charge < -0.3 is 9.31 Å². The van der Waals surface area contributed by atoms with Gasteiger partial charge in [0.05, 0.1) is 17.3 Å². The first-order valence-corrected chi connectivity index (χ1v) is 9.33. The van der Waals surface area contributed by atoms with E-state index in [1.807, 2.05) is 0 Å². The monoisotopic (exact) mass is 339 g/mol. The van der Waals surface area contributed by atoms with Crippen LogP contribution in [-0.4, -0.2) is 18.3 Å². The van der Waals surface area contributed by atoms with Crippen molar-refractivity contribution in [3.8, 4) is 6.07 Å². The van der Waals surface area contributed by atoms with Gasteiger partial charge in [-0.3, -0.25) is 0 Å². The van der Waals surface area contributed by atoms with E-state index < -0.39 is 0 Å². The molecule has 0 spiro atoms. The Bertz CT molecular complexity index is 652. The zero-order valence-electron chi connectivity index (χ0n) is 16.5. The van der Waals surface area contributed by atoms with Crippen LogP contribution in [0, 0.1) is 11.3 Å². The van der Waals surface area contributed by atoms with Crippen molar-refractivity contribution >= 4 is 18.2 Å².